The van der Waals surface area contributed by atoms with Crippen molar-refractivity contribution in [2.24, 2.45) is 0 Å². The Kier molecular flexibility index (Phi) is 3.42. The quantitative estimate of drug-likeness (QED) is 0.683. The molecule has 0 atom stereocenters. The van der Waals surface area contributed by atoms with Gasteiger partial charge in [-0.05, 0) is 15.9 Å². The SMILES string of the molecule is O=C(Cc1csc(Br)n1)Nc1nc2cc3c(cc2[nH]1)OC(F)(F)O3. The third kappa shape index (κ3) is 2.91. The Morgan fingerprint density at radius 3 is 2.79 bits per heavy atom. The van der Waals surface area contributed by atoms with Crippen molar-refractivity contribution in [3.05, 3.63) is 27.1 Å². The summed E-state index contributed by atoms with van der Waals surface area (Å²) in [6, 6.07) is 2.65. The van der Waals surface area contributed by atoms with E-state index in [1.165, 1.54) is 23.5 Å². The van der Waals surface area contributed by atoms with Gasteiger partial charge in [-0.25, -0.2) is 9.97 Å². The molecule has 0 unspecified atom stereocenters. The number of aromatic amines is 1. The lowest BCUT2D eigenvalue weighted by Crippen LogP contribution is -2.25. The molecule has 24 heavy (non-hydrogen) atoms. The normalized spacial score (nSPS) is 15.0. The predicted molar refractivity (Wildman–Crippen MR) is 84.4 cm³/mol. The summed E-state index contributed by atoms with van der Waals surface area (Å²) < 4.78 is 35.5. The van der Waals surface area contributed by atoms with Gasteiger partial charge in [-0.3, -0.25) is 10.1 Å². The number of halogens is 3. The van der Waals surface area contributed by atoms with E-state index in [9.17, 15) is 13.6 Å². The Balaban J connectivity index is 1.53. The number of alkyl halides is 2. The molecule has 0 spiro atoms. The maximum absolute atomic E-state index is 13.0. The molecule has 0 radical (unpaired) electrons. The Morgan fingerprint density at radius 1 is 1.33 bits per heavy atom. The number of hydrogen-bond acceptors (Lipinski definition) is 6. The first kappa shape index (κ1) is 15.3. The van der Waals surface area contributed by atoms with Gasteiger partial charge in [0.25, 0.3) is 0 Å². The number of imidazole rings is 1. The molecule has 1 aliphatic rings. The maximum Gasteiger partial charge on any atom is 0.586 e. The number of nitrogens with one attached hydrogen (secondary N) is 2. The minimum Gasteiger partial charge on any atom is -0.395 e. The number of carbonyl (C=O) groups is 1. The van der Waals surface area contributed by atoms with Crippen LogP contribution >= 0.6 is 27.3 Å². The van der Waals surface area contributed by atoms with Crippen molar-refractivity contribution < 1.29 is 23.0 Å². The summed E-state index contributed by atoms with van der Waals surface area (Å²) in [6.45, 7) is 0. The fourth-order valence-corrected chi connectivity index (χ4v) is 3.26. The first-order chi connectivity index (χ1) is 11.4. The highest BCUT2D eigenvalue weighted by atomic mass is 79.9. The molecule has 124 valence electrons. The second-order valence-corrected chi connectivity index (χ2v) is 7.02. The summed E-state index contributed by atoms with van der Waals surface area (Å²) in [5, 5.41) is 4.36. The molecule has 7 nitrogen and oxygen atoms in total. The Bertz CT molecular complexity index is 913. The Morgan fingerprint density at radius 2 is 2.08 bits per heavy atom. The zero-order valence-electron chi connectivity index (χ0n) is 11.6. The number of carbonyl (C=O) groups excluding carboxylic acids is 1. The number of amides is 1. The summed E-state index contributed by atoms with van der Waals surface area (Å²) in [4.78, 5) is 23.1. The topological polar surface area (TPSA) is 89.1 Å². The molecule has 2 N–H and O–H groups in total. The van der Waals surface area contributed by atoms with E-state index >= 15 is 0 Å². The molecule has 1 aliphatic heterocycles. The average Bonchev–Trinajstić information content (AvgIpc) is 3.11. The fourth-order valence-electron chi connectivity index (χ4n) is 2.22. The standard InChI is InChI=1S/C13H7BrF2N4O3S/c14-11-17-5(4-24-11)1-10(21)20-12-18-6-2-8-9(3-7(6)19-12)23-13(15,16)22-8/h2-4H,1H2,(H2,18,19,20,21). The maximum atomic E-state index is 13.0. The molecule has 2 aromatic heterocycles. The van der Waals surface area contributed by atoms with Gasteiger partial charge in [0.15, 0.2) is 15.4 Å². The summed E-state index contributed by atoms with van der Waals surface area (Å²) in [6.07, 6.45) is -3.59. The number of benzene rings is 1. The number of rotatable bonds is 3. The van der Waals surface area contributed by atoms with Crippen molar-refractivity contribution in [3.8, 4) is 11.5 Å². The molecule has 0 saturated carbocycles. The van der Waals surface area contributed by atoms with Gasteiger partial charge in [0.2, 0.25) is 11.9 Å². The van der Waals surface area contributed by atoms with Crippen molar-refractivity contribution in [1.29, 1.82) is 0 Å². The summed E-state index contributed by atoms with van der Waals surface area (Å²) in [5.74, 6) is -0.316. The van der Waals surface area contributed by atoms with Crippen LogP contribution in [0.3, 0.4) is 0 Å². The van der Waals surface area contributed by atoms with E-state index in [0.29, 0.717) is 20.6 Å². The molecule has 1 aromatic carbocycles. The van der Waals surface area contributed by atoms with Crippen LogP contribution in [0.4, 0.5) is 14.7 Å². The van der Waals surface area contributed by atoms with Crippen LogP contribution in [0.5, 0.6) is 11.5 Å². The molecule has 4 rings (SSSR count). The van der Waals surface area contributed by atoms with Gasteiger partial charge in [-0.2, -0.15) is 0 Å². The number of hydrogen-bond donors (Lipinski definition) is 2. The second-order valence-electron chi connectivity index (χ2n) is 4.89. The van der Waals surface area contributed by atoms with Gasteiger partial charge >= 0.3 is 6.29 Å². The van der Waals surface area contributed by atoms with Crippen LogP contribution in [0.15, 0.2) is 21.4 Å². The third-order valence-corrected chi connectivity index (χ3v) is 4.54. The largest absolute Gasteiger partial charge is 0.586 e. The van der Waals surface area contributed by atoms with Crippen LogP contribution in [0.1, 0.15) is 5.69 Å². The summed E-state index contributed by atoms with van der Waals surface area (Å²) >= 11 is 4.61. The average molecular weight is 417 g/mol. The number of aromatic nitrogens is 3. The Labute approximate surface area is 145 Å². The van der Waals surface area contributed by atoms with Gasteiger partial charge in [0.1, 0.15) is 0 Å². The monoisotopic (exact) mass is 416 g/mol. The molecule has 3 aromatic rings. The van der Waals surface area contributed by atoms with Crippen LogP contribution < -0.4 is 14.8 Å². The van der Waals surface area contributed by atoms with Gasteiger partial charge in [-0.15, -0.1) is 20.1 Å². The second kappa shape index (κ2) is 5.38. The third-order valence-electron chi connectivity index (χ3n) is 3.13. The molecule has 0 aliphatic carbocycles. The van der Waals surface area contributed by atoms with Crippen LogP contribution in [0.2, 0.25) is 0 Å². The van der Waals surface area contributed by atoms with Crippen LogP contribution in [-0.4, -0.2) is 27.2 Å². The molecular weight excluding hydrogens is 410 g/mol. The van der Waals surface area contributed by atoms with Crippen LogP contribution in [0.25, 0.3) is 11.0 Å². The van der Waals surface area contributed by atoms with Gasteiger partial charge in [0.05, 0.1) is 23.1 Å². The molecule has 0 fully saturated rings. The highest BCUT2D eigenvalue weighted by molar-refractivity contribution is 9.11. The molecule has 1 amide bonds. The van der Waals surface area contributed by atoms with Gasteiger partial charge in [0, 0.05) is 17.5 Å². The molecule has 3 heterocycles. The van der Waals surface area contributed by atoms with E-state index in [1.54, 1.807) is 5.38 Å². The van der Waals surface area contributed by atoms with Crippen molar-refractivity contribution in [3.63, 3.8) is 0 Å². The number of ether oxygens (including phenoxy) is 2. The first-order valence-corrected chi connectivity index (χ1v) is 8.24. The van der Waals surface area contributed by atoms with Gasteiger partial charge < -0.3 is 14.5 Å². The summed E-state index contributed by atoms with van der Waals surface area (Å²) in [7, 11) is 0. The van der Waals surface area contributed by atoms with E-state index in [2.05, 4.69) is 45.7 Å². The smallest absolute Gasteiger partial charge is 0.395 e. The molecule has 0 saturated heterocycles. The number of anilines is 1. The highest BCUT2D eigenvalue weighted by Gasteiger charge is 2.43. The minimum absolute atomic E-state index is 0.0914. The highest BCUT2D eigenvalue weighted by Crippen LogP contribution is 2.42. The number of nitrogens with zero attached hydrogens (tertiary/aromatic N) is 2. The lowest BCUT2D eigenvalue weighted by Gasteiger charge is -2.04. The lowest BCUT2D eigenvalue weighted by molar-refractivity contribution is -0.286. The molecule has 0 bridgehead atoms. The van der Waals surface area contributed by atoms with Crippen molar-refractivity contribution in [2.45, 2.75) is 12.7 Å². The van der Waals surface area contributed by atoms with Crippen molar-refractivity contribution in [2.75, 3.05) is 5.32 Å². The van der Waals surface area contributed by atoms with Crippen LogP contribution in [-0.2, 0) is 11.2 Å². The van der Waals surface area contributed by atoms with E-state index in [-0.39, 0.29) is 29.8 Å². The first-order valence-electron chi connectivity index (χ1n) is 6.57. The van der Waals surface area contributed by atoms with E-state index in [0.717, 1.165) is 0 Å². The summed E-state index contributed by atoms with van der Waals surface area (Å²) in [5.41, 5.74) is 1.42. The van der Waals surface area contributed by atoms with Crippen molar-refractivity contribution in [1.82, 2.24) is 15.0 Å². The van der Waals surface area contributed by atoms with E-state index in [1.807, 2.05) is 0 Å². The van der Waals surface area contributed by atoms with Crippen LogP contribution in [0, 0.1) is 0 Å². The fraction of sp³-hybridized carbons (Fsp3) is 0.154. The number of H-pyrrole nitrogens is 1. The number of thiazole rings is 1. The molecule has 11 heteroatoms. The van der Waals surface area contributed by atoms with E-state index in [4.69, 9.17) is 0 Å². The Hall–Kier alpha value is -2.27. The van der Waals surface area contributed by atoms with Crippen molar-refractivity contribution >= 4 is 50.2 Å². The zero-order valence-corrected chi connectivity index (χ0v) is 14.0. The zero-order chi connectivity index (χ0) is 16.9. The number of fused-ring (bicyclic) bond motifs is 2. The predicted octanol–water partition coefficient (Wildman–Crippen LogP) is 3.28. The van der Waals surface area contributed by atoms with Gasteiger partial charge in [-0.1, -0.05) is 0 Å². The van der Waals surface area contributed by atoms with E-state index < -0.39 is 6.29 Å². The molecular formula is C13H7BrF2N4O3S. The minimum atomic E-state index is -3.68. The lowest BCUT2D eigenvalue weighted by atomic mass is 10.3.